The normalized spacial score (nSPS) is 13.9. The molecule has 0 saturated heterocycles. The van der Waals surface area contributed by atoms with Gasteiger partial charge in [0.15, 0.2) is 0 Å². The summed E-state index contributed by atoms with van der Waals surface area (Å²) in [5, 5.41) is 0. The van der Waals surface area contributed by atoms with Crippen molar-refractivity contribution in [3.8, 4) is 0 Å². The molecular weight excluding hydrogens is 258 g/mol. The van der Waals surface area contributed by atoms with E-state index in [1.165, 1.54) is 27.2 Å². The fourth-order valence-electron chi connectivity index (χ4n) is 2.71. The molecule has 108 valence electrons. The summed E-state index contributed by atoms with van der Waals surface area (Å²) in [6, 6.07) is 17.0. The van der Waals surface area contributed by atoms with E-state index < -0.39 is 0 Å². The maximum Gasteiger partial charge on any atom is 0.109 e. The Labute approximate surface area is 126 Å². The van der Waals surface area contributed by atoms with Gasteiger partial charge in [-0.3, -0.25) is 0 Å². The molecule has 0 fully saturated rings. The third kappa shape index (κ3) is 3.07. The molecule has 3 rings (SSSR count). The van der Waals surface area contributed by atoms with E-state index in [-0.39, 0.29) is 6.10 Å². The Morgan fingerprint density at radius 3 is 1.90 bits per heavy atom. The molecule has 0 aliphatic heterocycles. The van der Waals surface area contributed by atoms with Gasteiger partial charge in [0.25, 0.3) is 0 Å². The van der Waals surface area contributed by atoms with Crippen LogP contribution in [0.2, 0.25) is 0 Å². The van der Waals surface area contributed by atoms with Gasteiger partial charge in [-0.2, -0.15) is 0 Å². The number of ether oxygens (including phenoxy) is 1. The van der Waals surface area contributed by atoms with Crippen LogP contribution in [0.4, 0.5) is 0 Å². The second-order valence-corrected chi connectivity index (χ2v) is 5.80. The lowest BCUT2D eigenvalue weighted by atomic mass is 9.96. The minimum atomic E-state index is 0.0201. The van der Waals surface area contributed by atoms with Gasteiger partial charge in [0.1, 0.15) is 12.6 Å². The molecule has 0 radical (unpaired) electrons. The summed E-state index contributed by atoms with van der Waals surface area (Å²) >= 11 is 0. The number of quaternary nitrogens is 1. The summed E-state index contributed by atoms with van der Waals surface area (Å²) in [5.74, 6) is 0. The second-order valence-electron chi connectivity index (χ2n) is 5.80. The largest absolute Gasteiger partial charge is 0.363 e. The van der Waals surface area contributed by atoms with Crippen molar-refractivity contribution in [2.45, 2.75) is 6.10 Å². The Balaban J connectivity index is 1.98. The molecule has 2 heteroatoms. The van der Waals surface area contributed by atoms with Crippen molar-refractivity contribution in [3.63, 3.8) is 0 Å². The van der Waals surface area contributed by atoms with Crippen LogP contribution in [0.3, 0.4) is 0 Å². The van der Waals surface area contributed by atoms with Gasteiger partial charge in [-0.15, -0.1) is 0 Å². The first-order valence-electron chi connectivity index (χ1n) is 7.52. The molecule has 0 spiro atoms. The fourth-order valence-corrected chi connectivity index (χ4v) is 2.71. The Hall–Kier alpha value is -1.90. The molecule has 0 heterocycles. The maximum atomic E-state index is 6.27. The lowest BCUT2D eigenvalue weighted by Gasteiger charge is -2.21. The van der Waals surface area contributed by atoms with Crippen LogP contribution < -0.4 is 4.90 Å². The molecular formula is C19H22NO+. The molecule has 1 aliphatic rings. The van der Waals surface area contributed by atoms with E-state index in [1.807, 2.05) is 0 Å². The fraction of sp³-hybridized carbons (Fsp3) is 0.263. The predicted octanol–water partition coefficient (Wildman–Crippen LogP) is 2.42. The van der Waals surface area contributed by atoms with Crippen molar-refractivity contribution < 1.29 is 9.64 Å². The third-order valence-corrected chi connectivity index (χ3v) is 3.89. The first kappa shape index (κ1) is 14.1. The smallest absolute Gasteiger partial charge is 0.109 e. The van der Waals surface area contributed by atoms with Crippen LogP contribution in [0.5, 0.6) is 0 Å². The van der Waals surface area contributed by atoms with E-state index in [2.05, 4.69) is 74.8 Å². The van der Waals surface area contributed by atoms with Crippen LogP contribution in [0, 0.1) is 0 Å². The van der Waals surface area contributed by atoms with Crippen LogP contribution in [-0.2, 0) is 4.74 Å². The number of fused-ring (bicyclic) bond motifs is 2. The molecule has 0 bridgehead atoms. The predicted molar refractivity (Wildman–Crippen MR) is 87.3 cm³/mol. The summed E-state index contributed by atoms with van der Waals surface area (Å²) in [5.41, 5.74) is 5.01. The van der Waals surface area contributed by atoms with E-state index in [0.717, 1.165) is 13.2 Å². The van der Waals surface area contributed by atoms with E-state index in [0.29, 0.717) is 0 Å². The summed E-state index contributed by atoms with van der Waals surface area (Å²) in [4.78, 5) is 1.41. The van der Waals surface area contributed by atoms with E-state index in [9.17, 15) is 0 Å². The average Bonchev–Trinajstić information content (AvgIpc) is 2.65. The van der Waals surface area contributed by atoms with Crippen LogP contribution in [-0.4, -0.2) is 27.2 Å². The summed E-state index contributed by atoms with van der Waals surface area (Å²) in [6.07, 6.45) is 4.40. The summed E-state index contributed by atoms with van der Waals surface area (Å²) in [7, 11) is 4.31. The van der Waals surface area contributed by atoms with E-state index in [4.69, 9.17) is 4.74 Å². The van der Waals surface area contributed by atoms with Gasteiger partial charge in [-0.25, -0.2) is 0 Å². The molecule has 0 unspecified atom stereocenters. The van der Waals surface area contributed by atoms with Gasteiger partial charge in [0, 0.05) is 0 Å². The second kappa shape index (κ2) is 6.25. The van der Waals surface area contributed by atoms with Gasteiger partial charge in [-0.1, -0.05) is 60.7 Å². The zero-order valence-corrected chi connectivity index (χ0v) is 12.7. The third-order valence-electron chi connectivity index (χ3n) is 3.89. The zero-order valence-electron chi connectivity index (χ0n) is 12.7. The quantitative estimate of drug-likeness (QED) is 0.908. The Morgan fingerprint density at radius 2 is 1.38 bits per heavy atom. The van der Waals surface area contributed by atoms with Crippen molar-refractivity contribution in [1.29, 1.82) is 0 Å². The molecule has 0 amide bonds. The molecule has 2 aromatic carbocycles. The number of nitrogens with one attached hydrogen (secondary N) is 1. The first-order chi connectivity index (χ1) is 10.3. The highest BCUT2D eigenvalue weighted by molar-refractivity contribution is 5.76. The number of rotatable bonds is 4. The average molecular weight is 280 g/mol. The van der Waals surface area contributed by atoms with Crippen LogP contribution in [0.15, 0.2) is 48.5 Å². The van der Waals surface area contributed by atoms with Crippen molar-refractivity contribution in [3.05, 3.63) is 70.8 Å². The molecule has 1 N–H and O–H groups in total. The molecule has 0 aromatic heterocycles. The molecule has 0 atom stereocenters. The van der Waals surface area contributed by atoms with Gasteiger partial charge >= 0.3 is 0 Å². The van der Waals surface area contributed by atoms with Crippen molar-refractivity contribution >= 4 is 12.2 Å². The van der Waals surface area contributed by atoms with Gasteiger partial charge < -0.3 is 9.64 Å². The molecule has 2 aromatic rings. The highest BCUT2D eigenvalue weighted by atomic mass is 16.5. The monoisotopic (exact) mass is 280 g/mol. The Kier molecular flexibility index (Phi) is 4.18. The highest BCUT2D eigenvalue weighted by Crippen LogP contribution is 2.34. The maximum absolute atomic E-state index is 6.27. The van der Waals surface area contributed by atoms with Gasteiger partial charge in [-0.05, 0) is 22.3 Å². The number of likely N-dealkylation sites (N-methyl/N-ethyl adjacent to an activating group) is 1. The molecule has 0 saturated carbocycles. The van der Waals surface area contributed by atoms with Crippen LogP contribution in [0.1, 0.15) is 28.4 Å². The van der Waals surface area contributed by atoms with Crippen molar-refractivity contribution in [2.24, 2.45) is 0 Å². The lowest BCUT2D eigenvalue weighted by molar-refractivity contribution is -0.858. The van der Waals surface area contributed by atoms with Crippen molar-refractivity contribution in [2.75, 3.05) is 27.2 Å². The summed E-state index contributed by atoms with van der Waals surface area (Å²) < 4.78 is 6.27. The minimum Gasteiger partial charge on any atom is -0.363 e. The SMILES string of the molecule is C[NH+](C)CCOC1c2ccccc2C=Cc2ccccc21. The topological polar surface area (TPSA) is 13.7 Å². The summed E-state index contributed by atoms with van der Waals surface area (Å²) in [6.45, 7) is 1.77. The first-order valence-corrected chi connectivity index (χ1v) is 7.52. The minimum absolute atomic E-state index is 0.0201. The number of hydrogen-bond donors (Lipinski definition) is 1. The zero-order chi connectivity index (χ0) is 14.7. The standard InChI is InChI=1S/C19H21NO/c1-20(2)13-14-21-19-17-9-5-3-7-15(17)11-12-16-8-4-6-10-18(16)19/h3-12,19H,13-14H2,1-2H3/p+1. The molecule has 21 heavy (non-hydrogen) atoms. The van der Waals surface area contributed by atoms with Gasteiger partial charge in [0.2, 0.25) is 0 Å². The number of hydrogen-bond acceptors (Lipinski definition) is 1. The van der Waals surface area contributed by atoms with Crippen LogP contribution in [0.25, 0.3) is 12.2 Å². The van der Waals surface area contributed by atoms with E-state index in [1.54, 1.807) is 0 Å². The highest BCUT2D eigenvalue weighted by Gasteiger charge is 2.21. The molecule has 1 aliphatic carbocycles. The van der Waals surface area contributed by atoms with E-state index >= 15 is 0 Å². The Bertz CT molecular complexity index is 596. The molecule has 2 nitrogen and oxygen atoms in total. The van der Waals surface area contributed by atoms with Gasteiger partial charge in [0.05, 0.1) is 20.7 Å². The number of benzene rings is 2. The van der Waals surface area contributed by atoms with Crippen LogP contribution >= 0.6 is 0 Å². The Morgan fingerprint density at radius 1 is 0.857 bits per heavy atom. The lowest BCUT2D eigenvalue weighted by Crippen LogP contribution is -3.06. The van der Waals surface area contributed by atoms with Crippen molar-refractivity contribution in [1.82, 2.24) is 0 Å².